The molecule has 0 radical (unpaired) electrons. The maximum atomic E-state index is 13.3. The molecule has 0 bridgehead atoms. The van der Waals surface area contributed by atoms with Crippen LogP contribution in [0.4, 0.5) is 10.2 Å². The number of hydrogen-bond donors (Lipinski definition) is 0. The first kappa shape index (κ1) is 21.7. The van der Waals surface area contributed by atoms with Gasteiger partial charge in [-0.25, -0.2) is 14.4 Å². The second kappa shape index (κ2) is 8.91. The quantitative estimate of drug-likeness (QED) is 0.750. The van der Waals surface area contributed by atoms with Crippen LogP contribution in [0.2, 0.25) is 0 Å². The minimum atomic E-state index is -0.246. The van der Waals surface area contributed by atoms with Gasteiger partial charge in [-0.2, -0.15) is 0 Å². The molecule has 3 heterocycles. The van der Waals surface area contributed by atoms with Crippen LogP contribution in [0.1, 0.15) is 49.8 Å². The molecule has 1 fully saturated rings. The first-order valence-corrected chi connectivity index (χ1v) is 11.0. The number of anilines is 1. The molecule has 0 N–H and O–H groups in total. The smallest absolute Gasteiger partial charge is 0.223 e. The van der Waals surface area contributed by atoms with E-state index in [9.17, 15) is 9.18 Å². The molecule has 0 aliphatic carbocycles. The number of amides is 1. The third-order valence-electron chi connectivity index (χ3n) is 5.71. The highest BCUT2D eigenvalue weighted by atomic mass is 19.1. The monoisotopic (exact) mass is 426 g/mol. The van der Waals surface area contributed by atoms with Gasteiger partial charge in [-0.3, -0.25) is 4.79 Å². The molecule has 4 rings (SSSR count). The number of carbonyl (C=O) groups excluding carboxylic acids is 1. The van der Waals surface area contributed by atoms with E-state index in [0.717, 1.165) is 48.0 Å². The van der Waals surface area contributed by atoms with Crippen molar-refractivity contribution in [2.75, 3.05) is 37.7 Å². The highest BCUT2D eigenvalue weighted by Gasteiger charge is 2.29. The van der Waals surface area contributed by atoms with E-state index in [1.165, 1.54) is 12.1 Å². The maximum Gasteiger partial charge on any atom is 0.223 e. The molecule has 0 unspecified atom stereocenters. The zero-order chi connectivity index (χ0) is 22.0. The van der Waals surface area contributed by atoms with Crippen LogP contribution in [0.15, 0.2) is 24.3 Å². The molecule has 7 heteroatoms. The van der Waals surface area contributed by atoms with E-state index in [1.54, 1.807) is 12.1 Å². The Balaban J connectivity index is 1.63. The molecule has 31 heavy (non-hydrogen) atoms. The standard InChI is InChI=1S/C24H31FN4O2/c1-24(2,3)15-22(30)29-9-8-20-19(16-29)23(28-10-12-31-13-11-28)27-21(26-20)14-17-4-6-18(25)7-5-17/h4-7H,8-16H2,1-3H3. The van der Waals surface area contributed by atoms with Gasteiger partial charge in [0.05, 0.1) is 25.5 Å². The first-order chi connectivity index (χ1) is 14.8. The number of morpholine rings is 1. The summed E-state index contributed by atoms with van der Waals surface area (Å²) in [5.74, 6) is 1.59. The highest BCUT2D eigenvalue weighted by molar-refractivity contribution is 5.77. The third kappa shape index (κ3) is 5.39. The fraction of sp³-hybridized carbons (Fsp3) is 0.542. The summed E-state index contributed by atoms with van der Waals surface area (Å²) >= 11 is 0. The Labute approximate surface area is 183 Å². The summed E-state index contributed by atoms with van der Waals surface area (Å²) in [4.78, 5) is 26.8. The average molecular weight is 427 g/mol. The summed E-state index contributed by atoms with van der Waals surface area (Å²) in [6.45, 7) is 10.4. The van der Waals surface area contributed by atoms with Gasteiger partial charge in [-0.15, -0.1) is 0 Å². The molecule has 2 aliphatic heterocycles. The van der Waals surface area contributed by atoms with Crippen LogP contribution in [0, 0.1) is 11.2 Å². The molecule has 166 valence electrons. The molecular weight excluding hydrogens is 395 g/mol. The van der Waals surface area contributed by atoms with E-state index >= 15 is 0 Å². The lowest BCUT2D eigenvalue weighted by Crippen LogP contribution is -2.42. The molecular formula is C24H31FN4O2. The number of rotatable bonds is 4. The Morgan fingerprint density at radius 1 is 1.10 bits per heavy atom. The minimum Gasteiger partial charge on any atom is -0.378 e. The Bertz CT molecular complexity index is 934. The molecule has 6 nitrogen and oxygen atoms in total. The van der Waals surface area contributed by atoms with Gasteiger partial charge in [0.25, 0.3) is 0 Å². The number of aromatic nitrogens is 2. The largest absolute Gasteiger partial charge is 0.378 e. The lowest BCUT2D eigenvalue weighted by molar-refractivity contribution is -0.134. The van der Waals surface area contributed by atoms with Crippen LogP contribution in [-0.2, 0) is 28.9 Å². The second-order valence-electron chi connectivity index (χ2n) is 9.59. The van der Waals surface area contributed by atoms with E-state index < -0.39 is 0 Å². The molecule has 2 aliphatic rings. The fourth-order valence-electron chi connectivity index (χ4n) is 4.13. The fourth-order valence-corrected chi connectivity index (χ4v) is 4.13. The van der Waals surface area contributed by atoms with Crippen molar-refractivity contribution in [2.24, 2.45) is 5.41 Å². The van der Waals surface area contributed by atoms with Gasteiger partial charge in [-0.05, 0) is 23.1 Å². The Hall–Kier alpha value is -2.54. The highest BCUT2D eigenvalue weighted by Crippen LogP contribution is 2.30. The lowest BCUT2D eigenvalue weighted by Gasteiger charge is -2.35. The molecule has 0 atom stereocenters. The molecule has 1 aromatic carbocycles. The van der Waals surface area contributed by atoms with E-state index in [0.29, 0.717) is 39.1 Å². The summed E-state index contributed by atoms with van der Waals surface area (Å²) in [7, 11) is 0. The number of fused-ring (bicyclic) bond motifs is 1. The second-order valence-corrected chi connectivity index (χ2v) is 9.59. The van der Waals surface area contributed by atoms with Gasteiger partial charge >= 0.3 is 0 Å². The number of hydrogen-bond acceptors (Lipinski definition) is 5. The first-order valence-electron chi connectivity index (χ1n) is 11.0. The van der Waals surface area contributed by atoms with Gasteiger partial charge in [0.1, 0.15) is 17.5 Å². The zero-order valence-electron chi connectivity index (χ0n) is 18.7. The topological polar surface area (TPSA) is 58.6 Å². The van der Waals surface area contributed by atoms with Crippen LogP contribution in [0.3, 0.4) is 0 Å². The van der Waals surface area contributed by atoms with Crippen LogP contribution in [0.5, 0.6) is 0 Å². The number of nitrogens with zero attached hydrogens (tertiary/aromatic N) is 4. The molecule has 1 amide bonds. The van der Waals surface area contributed by atoms with E-state index in [2.05, 4.69) is 25.7 Å². The van der Waals surface area contributed by atoms with Crippen molar-refractivity contribution in [3.63, 3.8) is 0 Å². The predicted octanol–water partition coefficient (Wildman–Crippen LogP) is 3.36. The molecule has 0 saturated carbocycles. The van der Waals surface area contributed by atoms with Crippen molar-refractivity contribution in [1.82, 2.24) is 14.9 Å². The molecule has 2 aromatic rings. The van der Waals surface area contributed by atoms with Gasteiger partial charge < -0.3 is 14.5 Å². The lowest BCUT2D eigenvalue weighted by atomic mass is 9.91. The van der Waals surface area contributed by atoms with Crippen LogP contribution in [0.25, 0.3) is 0 Å². The van der Waals surface area contributed by atoms with Gasteiger partial charge in [0.15, 0.2) is 0 Å². The summed E-state index contributed by atoms with van der Waals surface area (Å²) in [5, 5.41) is 0. The molecule has 1 saturated heterocycles. The molecule has 1 aromatic heterocycles. The SMILES string of the molecule is CC(C)(C)CC(=O)N1CCc2nc(Cc3ccc(F)cc3)nc(N3CCOCC3)c2C1. The predicted molar refractivity (Wildman–Crippen MR) is 117 cm³/mol. The maximum absolute atomic E-state index is 13.3. The van der Waals surface area contributed by atoms with E-state index in [1.807, 2.05) is 4.90 Å². The van der Waals surface area contributed by atoms with E-state index in [-0.39, 0.29) is 17.1 Å². The Morgan fingerprint density at radius 3 is 2.48 bits per heavy atom. The van der Waals surface area contributed by atoms with Crippen LogP contribution in [-0.4, -0.2) is 53.6 Å². The van der Waals surface area contributed by atoms with Crippen molar-refractivity contribution in [3.8, 4) is 0 Å². The zero-order valence-corrected chi connectivity index (χ0v) is 18.7. The van der Waals surface area contributed by atoms with E-state index in [4.69, 9.17) is 14.7 Å². The minimum absolute atomic E-state index is 0.0418. The van der Waals surface area contributed by atoms with Gasteiger partial charge in [0, 0.05) is 44.5 Å². The number of benzene rings is 1. The summed E-state index contributed by atoms with van der Waals surface area (Å²) in [5.41, 5.74) is 3.01. The number of halogens is 1. The average Bonchev–Trinajstić information content (AvgIpc) is 2.74. The number of carbonyl (C=O) groups is 1. The summed E-state index contributed by atoms with van der Waals surface area (Å²) in [6, 6.07) is 6.49. The third-order valence-corrected chi connectivity index (χ3v) is 5.71. The van der Waals surface area contributed by atoms with Gasteiger partial charge in [-0.1, -0.05) is 32.9 Å². The Morgan fingerprint density at radius 2 is 1.81 bits per heavy atom. The van der Waals surface area contributed by atoms with Crippen molar-refractivity contribution >= 4 is 11.7 Å². The normalized spacial score (nSPS) is 16.9. The van der Waals surface area contributed by atoms with Gasteiger partial charge in [0.2, 0.25) is 5.91 Å². The van der Waals surface area contributed by atoms with Crippen molar-refractivity contribution < 1.29 is 13.9 Å². The Kier molecular flexibility index (Phi) is 6.23. The van der Waals surface area contributed by atoms with Crippen molar-refractivity contribution in [2.45, 2.75) is 46.6 Å². The van der Waals surface area contributed by atoms with Crippen LogP contribution >= 0.6 is 0 Å². The molecule has 0 spiro atoms. The summed E-state index contributed by atoms with van der Waals surface area (Å²) in [6.07, 6.45) is 1.80. The summed E-state index contributed by atoms with van der Waals surface area (Å²) < 4.78 is 18.8. The van der Waals surface area contributed by atoms with Crippen molar-refractivity contribution in [1.29, 1.82) is 0 Å². The van der Waals surface area contributed by atoms with Crippen LogP contribution < -0.4 is 4.90 Å². The number of ether oxygens (including phenoxy) is 1. The van der Waals surface area contributed by atoms with Crippen molar-refractivity contribution in [3.05, 3.63) is 52.7 Å².